The van der Waals surface area contributed by atoms with Crippen LogP contribution in [0.5, 0.6) is 0 Å². The Balaban J connectivity index is 0.00000324. The summed E-state index contributed by atoms with van der Waals surface area (Å²) in [6.07, 6.45) is 2.77. The molecule has 3 nitrogen and oxygen atoms in total. The quantitative estimate of drug-likeness (QED) is 0.808. The molecule has 3 N–H and O–H groups in total. The van der Waals surface area contributed by atoms with Gasteiger partial charge in [-0.3, -0.25) is 4.79 Å². The van der Waals surface area contributed by atoms with Crippen molar-refractivity contribution in [3.05, 3.63) is 35.9 Å². The molecule has 19 heavy (non-hydrogen) atoms. The summed E-state index contributed by atoms with van der Waals surface area (Å²) in [5.74, 6) is 0.503. The van der Waals surface area contributed by atoms with Crippen LogP contribution < -0.4 is 11.1 Å². The van der Waals surface area contributed by atoms with Gasteiger partial charge in [0.15, 0.2) is 0 Å². The Hall–Kier alpha value is -1.06. The largest absolute Gasteiger partial charge is 0.354 e. The van der Waals surface area contributed by atoms with Crippen molar-refractivity contribution in [1.29, 1.82) is 0 Å². The maximum Gasteiger partial charge on any atom is 0.237 e. The van der Waals surface area contributed by atoms with Gasteiger partial charge in [-0.25, -0.2) is 0 Å². The molecular weight excluding hydrogens is 260 g/mol. The molecule has 0 aliphatic heterocycles. The molecule has 0 heterocycles. The van der Waals surface area contributed by atoms with Crippen molar-refractivity contribution in [2.45, 2.75) is 39.2 Å². The third-order valence-corrected chi connectivity index (χ3v) is 3.35. The van der Waals surface area contributed by atoms with E-state index >= 15 is 0 Å². The van der Waals surface area contributed by atoms with Gasteiger partial charge >= 0.3 is 0 Å². The van der Waals surface area contributed by atoms with E-state index in [2.05, 4.69) is 19.2 Å². The Morgan fingerprint density at radius 1 is 1.21 bits per heavy atom. The van der Waals surface area contributed by atoms with Crippen molar-refractivity contribution in [3.63, 3.8) is 0 Å². The molecule has 0 unspecified atom stereocenters. The van der Waals surface area contributed by atoms with Crippen LogP contribution in [0, 0.1) is 5.92 Å². The normalized spacial score (nSPS) is 11.8. The second kappa shape index (κ2) is 9.82. The lowest BCUT2D eigenvalue weighted by molar-refractivity contribution is -0.122. The first-order valence-electron chi connectivity index (χ1n) is 6.74. The number of benzene rings is 1. The molecule has 0 radical (unpaired) electrons. The molecule has 0 saturated carbocycles. The van der Waals surface area contributed by atoms with Gasteiger partial charge in [-0.2, -0.15) is 0 Å². The van der Waals surface area contributed by atoms with Crippen molar-refractivity contribution >= 4 is 18.3 Å². The number of halogens is 1. The Kier molecular flexibility index (Phi) is 9.27. The molecule has 0 aliphatic carbocycles. The summed E-state index contributed by atoms with van der Waals surface area (Å²) >= 11 is 0. The second-order valence-corrected chi connectivity index (χ2v) is 4.72. The summed E-state index contributed by atoms with van der Waals surface area (Å²) in [7, 11) is 0. The number of carbonyl (C=O) groups excluding carboxylic acids is 1. The summed E-state index contributed by atoms with van der Waals surface area (Å²) in [6.45, 7) is 5.02. The minimum absolute atomic E-state index is 0. The molecule has 1 atom stereocenters. The summed E-state index contributed by atoms with van der Waals surface area (Å²) in [5.41, 5.74) is 7.01. The first-order valence-corrected chi connectivity index (χ1v) is 6.74. The molecule has 0 fully saturated rings. The molecule has 0 aliphatic rings. The first-order chi connectivity index (χ1) is 8.67. The highest BCUT2D eigenvalue weighted by Gasteiger charge is 2.14. The van der Waals surface area contributed by atoms with Gasteiger partial charge in [0.05, 0.1) is 6.04 Å². The summed E-state index contributed by atoms with van der Waals surface area (Å²) in [5, 5.41) is 2.94. The van der Waals surface area contributed by atoms with Crippen molar-refractivity contribution in [2.75, 3.05) is 6.54 Å². The number of carbonyl (C=O) groups is 1. The van der Waals surface area contributed by atoms with E-state index in [4.69, 9.17) is 5.73 Å². The van der Waals surface area contributed by atoms with E-state index in [1.165, 1.54) is 0 Å². The van der Waals surface area contributed by atoms with Crippen LogP contribution in [0.2, 0.25) is 0 Å². The van der Waals surface area contributed by atoms with Gasteiger partial charge in [-0.05, 0) is 17.9 Å². The minimum Gasteiger partial charge on any atom is -0.354 e. The van der Waals surface area contributed by atoms with E-state index in [0.29, 0.717) is 12.3 Å². The van der Waals surface area contributed by atoms with Crippen LogP contribution in [0.3, 0.4) is 0 Å². The van der Waals surface area contributed by atoms with Crippen molar-refractivity contribution in [3.8, 4) is 0 Å². The number of amides is 1. The Morgan fingerprint density at radius 2 is 1.79 bits per heavy atom. The van der Waals surface area contributed by atoms with E-state index in [1.807, 2.05) is 30.3 Å². The highest BCUT2D eigenvalue weighted by atomic mass is 35.5. The van der Waals surface area contributed by atoms with E-state index in [-0.39, 0.29) is 18.3 Å². The molecule has 0 aromatic heterocycles. The Bertz CT molecular complexity index is 352. The van der Waals surface area contributed by atoms with Crippen molar-refractivity contribution < 1.29 is 4.79 Å². The fourth-order valence-corrected chi connectivity index (χ4v) is 1.91. The molecular formula is C15H25ClN2O. The number of nitrogens with one attached hydrogen (secondary N) is 1. The Morgan fingerprint density at radius 3 is 2.32 bits per heavy atom. The molecule has 0 saturated heterocycles. The van der Waals surface area contributed by atoms with Crippen LogP contribution in [0.25, 0.3) is 0 Å². The lowest BCUT2D eigenvalue weighted by atomic mass is 10.0. The van der Waals surface area contributed by atoms with E-state index in [9.17, 15) is 4.79 Å². The van der Waals surface area contributed by atoms with Crippen LogP contribution in [0.15, 0.2) is 30.3 Å². The Labute approximate surface area is 122 Å². The molecule has 1 rings (SSSR count). The van der Waals surface area contributed by atoms with E-state index < -0.39 is 6.04 Å². The number of rotatable bonds is 7. The topological polar surface area (TPSA) is 55.1 Å². The zero-order valence-electron chi connectivity index (χ0n) is 11.8. The highest BCUT2D eigenvalue weighted by Crippen LogP contribution is 2.06. The number of hydrogen-bond donors (Lipinski definition) is 2. The van der Waals surface area contributed by atoms with Crippen molar-refractivity contribution in [2.24, 2.45) is 11.7 Å². The van der Waals surface area contributed by atoms with Gasteiger partial charge in [0.1, 0.15) is 0 Å². The predicted octanol–water partition coefficient (Wildman–Crippen LogP) is 2.53. The molecule has 0 bridgehead atoms. The second-order valence-electron chi connectivity index (χ2n) is 4.72. The summed E-state index contributed by atoms with van der Waals surface area (Å²) < 4.78 is 0. The van der Waals surface area contributed by atoms with Gasteiger partial charge in [0, 0.05) is 6.54 Å². The first kappa shape index (κ1) is 17.9. The van der Waals surface area contributed by atoms with Gasteiger partial charge < -0.3 is 11.1 Å². The highest BCUT2D eigenvalue weighted by molar-refractivity contribution is 5.85. The van der Waals surface area contributed by atoms with Crippen molar-refractivity contribution in [1.82, 2.24) is 5.32 Å². The maximum atomic E-state index is 11.8. The SMILES string of the molecule is CCC(CC)CNC(=O)[C@@H](N)Cc1ccccc1.Cl. The smallest absolute Gasteiger partial charge is 0.237 e. The molecule has 0 spiro atoms. The molecule has 108 valence electrons. The average Bonchev–Trinajstić information content (AvgIpc) is 2.40. The monoisotopic (exact) mass is 284 g/mol. The fourth-order valence-electron chi connectivity index (χ4n) is 1.91. The van der Waals surface area contributed by atoms with Gasteiger partial charge in [0.25, 0.3) is 0 Å². The molecule has 1 aromatic rings. The number of hydrogen-bond acceptors (Lipinski definition) is 2. The van der Waals surface area contributed by atoms with Gasteiger partial charge in [-0.1, -0.05) is 57.0 Å². The van der Waals surface area contributed by atoms with Crippen LogP contribution in [-0.2, 0) is 11.2 Å². The third kappa shape index (κ3) is 6.60. The molecule has 4 heteroatoms. The summed E-state index contributed by atoms with van der Waals surface area (Å²) in [6, 6.07) is 9.42. The van der Waals surface area contributed by atoms with Crippen LogP contribution in [0.1, 0.15) is 32.3 Å². The lowest BCUT2D eigenvalue weighted by Crippen LogP contribution is -2.43. The maximum absolute atomic E-state index is 11.8. The zero-order chi connectivity index (χ0) is 13.4. The third-order valence-electron chi connectivity index (χ3n) is 3.35. The zero-order valence-corrected chi connectivity index (χ0v) is 12.6. The van der Waals surface area contributed by atoms with Crippen LogP contribution >= 0.6 is 12.4 Å². The van der Waals surface area contributed by atoms with E-state index in [0.717, 1.165) is 24.9 Å². The predicted molar refractivity (Wildman–Crippen MR) is 82.5 cm³/mol. The fraction of sp³-hybridized carbons (Fsp3) is 0.533. The standard InChI is InChI=1S/C15H24N2O.ClH/c1-3-12(4-2)11-17-15(18)14(16)10-13-8-6-5-7-9-13;/h5-9,12,14H,3-4,10-11,16H2,1-2H3,(H,17,18);1H/t14-;/m0./s1. The summed E-state index contributed by atoms with van der Waals surface area (Å²) in [4.78, 5) is 11.8. The average molecular weight is 285 g/mol. The van der Waals surface area contributed by atoms with Gasteiger partial charge in [0.2, 0.25) is 5.91 Å². The van der Waals surface area contributed by atoms with Crippen LogP contribution in [-0.4, -0.2) is 18.5 Å². The minimum atomic E-state index is -0.457. The number of nitrogens with two attached hydrogens (primary N) is 1. The van der Waals surface area contributed by atoms with Crippen LogP contribution in [0.4, 0.5) is 0 Å². The molecule has 1 amide bonds. The van der Waals surface area contributed by atoms with E-state index in [1.54, 1.807) is 0 Å². The lowest BCUT2D eigenvalue weighted by Gasteiger charge is -2.16. The molecule has 1 aromatic carbocycles. The van der Waals surface area contributed by atoms with Gasteiger partial charge in [-0.15, -0.1) is 12.4 Å².